The van der Waals surface area contributed by atoms with E-state index < -0.39 is 0 Å². The molecule has 8 heteroatoms. The number of nitrogens with one attached hydrogen (secondary N) is 1. The first-order valence-electron chi connectivity index (χ1n) is 5.82. The molecule has 0 spiro atoms. The van der Waals surface area contributed by atoms with Crippen molar-refractivity contribution in [3.63, 3.8) is 0 Å². The number of hydrogen-bond acceptors (Lipinski definition) is 8. The van der Waals surface area contributed by atoms with Crippen molar-refractivity contribution in [2.45, 2.75) is 6.92 Å². The first-order valence-corrected chi connectivity index (χ1v) is 7.47. The molecule has 0 aliphatic heterocycles. The van der Waals surface area contributed by atoms with Gasteiger partial charge in [-0.3, -0.25) is 0 Å². The molecule has 104 valence electrons. The first-order chi connectivity index (χ1) is 9.22. The highest BCUT2D eigenvalue weighted by atomic mass is 32.1. The summed E-state index contributed by atoms with van der Waals surface area (Å²) >= 11 is 2.90. The molecule has 2 heterocycles. The molecule has 0 unspecified atom stereocenters. The normalized spacial score (nSPS) is 10.8. The van der Waals surface area contributed by atoms with Gasteiger partial charge in [-0.05, 0) is 18.5 Å². The van der Waals surface area contributed by atoms with E-state index >= 15 is 0 Å². The van der Waals surface area contributed by atoms with Gasteiger partial charge in [0.15, 0.2) is 0 Å². The van der Waals surface area contributed by atoms with Crippen LogP contribution in [0.25, 0.3) is 11.3 Å². The number of nitrogens with zero attached hydrogens (tertiary/aromatic N) is 2. The molecule has 0 amide bonds. The Balaban J connectivity index is 2.02. The number of anilines is 2. The maximum Gasteiger partial charge on any atom is 0.148 e. The minimum atomic E-state index is 0.0385. The number of nitrogens with two attached hydrogens (primary N) is 1. The summed E-state index contributed by atoms with van der Waals surface area (Å²) in [6.07, 6.45) is 0. The van der Waals surface area contributed by atoms with Gasteiger partial charge in [0.1, 0.15) is 10.8 Å². The van der Waals surface area contributed by atoms with Gasteiger partial charge in [0.05, 0.1) is 36.1 Å². The van der Waals surface area contributed by atoms with Crippen LogP contribution in [0.2, 0.25) is 0 Å². The predicted molar refractivity (Wildman–Crippen MR) is 78.8 cm³/mol. The first kappa shape index (κ1) is 14.2. The van der Waals surface area contributed by atoms with Crippen molar-refractivity contribution in [3.8, 4) is 11.3 Å². The minimum Gasteiger partial charge on any atom is -0.394 e. The Hall–Kier alpha value is -1.22. The Morgan fingerprint density at radius 1 is 1.47 bits per heavy atom. The van der Waals surface area contributed by atoms with Crippen LogP contribution in [-0.2, 0) is 4.74 Å². The zero-order valence-electron chi connectivity index (χ0n) is 10.5. The predicted octanol–water partition coefficient (Wildman–Crippen LogP) is 1.58. The molecule has 0 radical (unpaired) electrons. The lowest BCUT2D eigenvalue weighted by molar-refractivity contribution is 0.0992. The van der Waals surface area contributed by atoms with Crippen LogP contribution in [0.5, 0.6) is 0 Å². The fourth-order valence-corrected chi connectivity index (χ4v) is 2.90. The summed E-state index contributed by atoms with van der Waals surface area (Å²) < 4.78 is 9.35. The standard InChI is InChI=1S/C11H16N4O2S2/c1-7-14-8(6-18-7)9-10(12)15-19-11(9)13-2-4-17-5-3-16/h6,13,16H,2-5H2,1H3,(H2,12,15). The summed E-state index contributed by atoms with van der Waals surface area (Å²) in [7, 11) is 0. The summed E-state index contributed by atoms with van der Waals surface area (Å²) in [5.41, 5.74) is 7.61. The number of aryl methyl sites for hydroxylation is 1. The molecule has 0 fully saturated rings. The third kappa shape index (κ3) is 3.63. The third-order valence-corrected chi connectivity index (χ3v) is 3.95. The molecule has 0 aliphatic rings. The Kier molecular flexibility index (Phi) is 5.08. The number of rotatable bonds is 7. The zero-order chi connectivity index (χ0) is 13.7. The van der Waals surface area contributed by atoms with Crippen molar-refractivity contribution >= 4 is 33.7 Å². The maximum atomic E-state index is 8.60. The molecule has 0 saturated heterocycles. The molecular weight excluding hydrogens is 284 g/mol. The van der Waals surface area contributed by atoms with Gasteiger partial charge >= 0.3 is 0 Å². The number of aliphatic hydroxyl groups is 1. The number of ether oxygens (including phenoxy) is 1. The second-order valence-corrected chi connectivity index (χ2v) is 5.62. The number of thiazole rings is 1. The topological polar surface area (TPSA) is 93.3 Å². The highest BCUT2D eigenvalue weighted by Crippen LogP contribution is 2.36. The van der Waals surface area contributed by atoms with Crippen molar-refractivity contribution < 1.29 is 9.84 Å². The quantitative estimate of drug-likeness (QED) is 0.672. The Morgan fingerprint density at radius 2 is 2.32 bits per heavy atom. The average Bonchev–Trinajstić information content (AvgIpc) is 2.95. The van der Waals surface area contributed by atoms with Crippen molar-refractivity contribution in [2.24, 2.45) is 0 Å². The van der Waals surface area contributed by atoms with Crippen molar-refractivity contribution in [2.75, 3.05) is 37.4 Å². The van der Waals surface area contributed by atoms with E-state index in [0.29, 0.717) is 25.6 Å². The van der Waals surface area contributed by atoms with Gasteiger partial charge in [0.2, 0.25) is 0 Å². The second-order valence-electron chi connectivity index (χ2n) is 3.79. The molecule has 0 bridgehead atoms. The van der Waals surface area contributed by atoms with Gasteiger partial charge in [0.25, 0.3) is 0 Å². The number of hydrogen-bond donors (Lipinski definition) is 3. The van der Waals surface area contributed by atoms with Crippen LogP contribution in [0, 0.1) is 6.92 Å². The van der Waals surface area contributed by atoms with E-state index in [1.54, 1.807) is 11.3 Å². The van der Waals surface area contributed by atoms with Gasteiger partial charge in [-0.25, -0.2) is 4.98 Å². The zero-order valence-corrected chi connectivity index (χ0v) is 12.2. The summed E-state index contributed by atoms with van der Waals surface area (Å²) in [4.78, 5) is 4.43. The molecule has 4 N–H and O–H groups in total. The molecule has 0 atom stereocenters. The SMILES string of the molecule is Cc1nc(-c2c(N)nsc2NCCOCCO)cs1. The maximum absolute atomic E-state index is 8.60. The highest BCUT2D eigenvalue weighted by Gasteiger charge is 2.15. The Labute approximate surface area is 119 Å². The van der Waals surface area contributed by atoms with E-state index in [1.165, 1.54) is 11.5 Å². The van der Waals surface area contributed by atoms with Crippen LogP contribution < -0.4 is 11.1 Å². The van der Waals surface area contributed by atoms with Crippen LogP contribution in [-0.4, -0.2) is 40.8 Å². The smallest absolute Gasteiger partial charge is 0.148 e. The van der Waals surface area contributed by atoms with Gasteiger partial charge in [-0.2, -0.15) is 4.37 Å². The van der Waals surface area contributed by atoms with Gasteiger partial charge in [-0.1, -0.05) is 0 Å². The fourth-order valence-electron chi connectivity index (χ4n) is 1.55. The molecule has 6 nitrogen and oxygen atoms in total. The van der Waals surface area contributed by atoms with Crippen LogP contribution >= 0.6 is 22.9 Å². The van der Waals surface area contributed by atoms with Crippen LogP contribution in [0.1, 0.15) is 5.01 Å². The van der Waals surface area contributed by atoms with E-state index in [9.17, 15) is 0 Å². The lowest BCUT2D eigenvalue weighted by Crippen LogP contribution is -2.11. The fraction of sp³-hybridized carbons (Fsp3) is 0.455. The molecule has 2 rings (SSSR count). The minimum absolute atomic E-state index is 0.0385. The summed E-state index contributed by atoms with van der Waals surface area (Å²) in [5.74, 6) is 0.495. The number of aliphatic hydroxyl groups excluding tert-OH is 1. The highest BCUT2D eigenvalue weighted by molar-refractivity contribution is 7.11. The van der Waals surface area contributed by atoms with E-state index in [2.05, 4.69) is 14.7 Å². The largest absolute Gasteiger partial charge is 0.394 e. The van der Waals surface area contributed by atoms with E-state index in [-0.39, 0.29) is 6.61 Å². The average molecular weight is 300 g/mol. The lowest BCUT2D eigenvalue weighted by Gasteiger charge is -2.06. The second kappa shape index (κ2) is 6.80. The van der Waals surface area contributed by atoms with Crippen molar-refractivity contribution in [1.29, 1.82) is 0 Å². The van der Waals surface area contributed by atoms with Crippen LogP contribution in [0.15, 0.2) is 5.38 Å². The van der Waals surface area contributed by atoms with Crippen LogP contribution in [0.3, 0.4) is 0 Å². The monoisotopic (exact) mass is 300 g/mol. The number of nitrogen functional groups attached to an aromatic ring is 1. The van der Waals surface area contributed by atoms with E-state index in [0.717, 1.165) is 21.3 Å². The molecular formula is C11H16N4O2S2. The van der Waals surface area contributed by atoms with Gasteiger partial charge < -0.3 is 20.9 Å². The lowest BCUT2D eigenvalue weighted by atomic mass is 10.2. The Bertz CT molecular complexity index is 526. The summed E-state index contributed by atoms with van der Waals surface area (Å²) in [6, 6.07) is 0. The van der Waals surface area contributed by atoms with Gasteiger partial charge in [0, 0.05) is 11.9 Å². The molecule has 19 heavy (non-hydrogen) atoms. The summed E-state index contributed by atoms with van der Waals surface area (Å²) in [5, 5.41) is 15.7. The molecule has 0 aliphatic carbocycles. The molecule has 0 saturated carbocycles. The van der Waals surface area contributed by atoms with Crippen LogP contribution in [0.4, 0.5) is 10.8 Å². The number of aromatic nitrogens is 2. The van der Waals surface area contributed by atoms with E-state index in [4.69, 9.17) is 15.6 Å². The van der Waals surface area contributed by atoms with Gasteiger partial charge in [-0.15, -0.1) is 11.3 Å². The van der Waals surface area contributed by atoms with Crippen molar-refractivity contribution in [1.82, 2.24) is 9.36 Å². The summed E-state index contributed by atoms with van der Waals surface area (Å²) in [6.45, 7) is 3.51. The Morgan fingerprint density at radius 3 is 3.00 bits per heavy atom. The molecule has 2 aromatic heterocycles. The molecule has 0 aromatic carbocycles. The molecule has 2 aromatic rings. The third-order valence-electron chi connectivity index (χ3n) is 2.36. The van der Waals surface area contributed by atoms with Crippen molar-refractivity contribution in [3.05, 3.63) is 10.4 Å². The van der Waals surface area contributed by atoms with E-state index in [1.807, 2.05) is 12.3 Å².